The molecular formula is C9H16N2O4. The van der Waals surface area contributed by atoms with E-state index in [1.54, 1.807) is 6.92 Å². The van der Waals surface area contributed by atoms with Crippen molar-refractivity contribution in [1.29, 1.82) is 0 Å². The highest BCUT2D eigenvalue weighted by Gasteiger charge is 2.12. The molecule has 0 unspecified atom stereocenters. The zero-order chi connectivity index (χ0) is 11.8. The second-order valence-corrected chi connectivity index (χ2v) is 3.03. The van der Waals surface area contributed by atoms with E-state index in [-0.39, 0.29) is 31.3 Å². The number of carboxylic acids is 1. The van der Waals surface area contributed by atoms with Crippen molar-refractivity contribution in [2.24, 2.45) is 0 Å². The Labute approximate surface area is 88.2 Å². The number of rotatable bonds is 6. The molecule has 86 valence electrons. The molecule has 0 aromatic carbocycles. The molecule has 0 rings (SSSR count). The molecule has 2 N–H and O–H groups in total. The van der Waals surface area contributed by atoms with Crippen molar-refractivity contribution in [2.45, 2.75) is 20.3 Å². The van der Waals surface area contributed by atoms with E-state index >= 15 is 0 Å². The summed E-state index contributed by atoms with van der Waals surface area (Å²) < 4.78 is 0. The molecule has 6 nitrogen and oxygen atoms in total. The van der Waals surface area contributed by atoms with Crippen LogP contribution in [0.1, 0.15) is 20.3 Å². The number of aliphatic carboxylic acids is 1. The first kappa shape index (κ1) is 13.4. The molecule has 0 bridgehead atoms. The van der Waals surface area contributed by atoms with E-state index < -0.39 is 5.97 Å². The summed E-state index contributed by atoms with van der Waals surface area (Å²) in [6.07, 6.45) is -0.0837. The molecule has 0 fully saturated rings. The second kappa shape index (κ2) is 6.80. The Kier molecular flexibility index (Phi) is 6.08. The van der Waals surface area contributed by atoms with Crippen molar-refractivity contribution < 1.29 is 19.5 Å². The molecule has 0 aromatic heterocycles. The summed E-state index contributed by atoms with van der Waals surface area (Å²) in [5.74, 6) is -1.49. The van der Waals surface area contributed by atoms with Crippen LogP contribution in [0.5, 0.6) is 0 Å². The minimum absolute atomic E-state index is 0.0806. The lowest BCUT2D eigenvalue weighted by atomic mass is 10.3. The van der Waals surface area contributed by atoms with Gasteiger partial charge in [0.15, 0.2) is 0 Å². The highest BCUT2D eigenvalue weighted by Crippen LogP contribution is 1.92. The van der Waals surface area contributed by atoms with Crippen LogP contribution in [0.25, 0.3) is 0 Å². The Hall–Kier alpha value is -1.59. The minimum Gasteiger partial charge on any atom is -0.481 e. The summed E-state index contributed by atoms with van der Waals surface area (Å²) in [7, 11) is 0. The molecule has 0 saturated carbocycles. The monoisotopic (exact) mass is 216 g/mol. The first-order chi connectivity index (χ1) is 6.97. The van der Waals surface area contributed by atoms with Crippen molar-refractivity contribution in [3.8, 4) is 0 Å². The van der Waals surface area contributed by atoms with Crippen LogP contribution in [0.3, 0.4) is 0 Å². The summed E-state index contributed by atoms with van der Waals surface area (Å²) in [4.78, 5) is 33.7. The van der Waals surface area contributed by atoms with E-state index in [2.05, 4.69) is 5.32 Å². The third kappa shape index (κ3) is 6.48. The van der Waals surface area contributed by atoms with Gasteiger partial charge in [0, 0.05) is 20.0 Å². The molecule has 2 amide bonds. The third-order valence-corrected chi connectivity index (χ3v) is 1.82. The lowest BCUT2D eigenvalue weighted by Gasteiger charge is -2.19. The normalized spacial score (nSPS) is 9.47. The van der Waals surface area contributed by atoms with Crippen LogP contribution in [0.4, 0.5) is 0 Å². The quantitative estimate of drug-likeness (QED) is 0.623. The average molecular weight is 216 g/mol. The van der Waals surface area contributed by atoms with Crippen molar-refractivity contribution >= 4 is 17.8 Å². The highest BCUT2D eigenvalue weighted by atomic mass is 16.4. The number of carbonyl (C=O) groups is 3. The number of nitrogens with one attached hydrogen (secondary N) is 1. The molecule has 15 heavy (non-hydrogen) atoms. The van der Waals surface area contributed by atoms with Gasteiger partial charge in [0.25, 0.3) is 0 Å². The van der Waals surface area contributed by atoms with Gasteiger partial charge in [-0.25, -0.2) is 0 Å². The molecule has 0 heterocycles. The van der Waals surface area contributed by atoms with Crippen LogP contribution in [-0.2, 0) is 14.4 Å². The fourth-order valence-electron chi connectivity index (χ4n) is 1.00. The molecule has 0 spiro atoms. The molecular weight excluding hydrogens is 200 g/mol. The van der Waals surface area contributed by atoms with E-state index in [0.717, 1.165) is 0 Å². The number of hydrogen-bond acceptors (Lipinski definition) is 3. The Morgan fingerprint density at radius 3 is 2.33 bits per heavy atom. The molecule has 6 heteroatoms. The van der Waals surface area contributed by atoms with Gasteiger partial charge in [0.1, 0.15) is 0 Å². The molecule has 0 aromatic rings. The number of carboxylic acid groups (broad SMARTS) is 1. The Balaban J connectivity index is 3.98. The number of carbonyl (C=O) groups excluding carboxylic acids is 2. The van der Waals surface area contributed by atoms with E-state index in [4.69, 9.17) is 5.11 Å². The first-order valence-electron chi connectivity index (χ1n) is 4.71. The fourth-order valence-corrected chi connectivity index (χ4v) is 1.00. The van der Waals surface area contributed by atoms with E-state index in [1.807, 2.05) is 0 Å². The lowest BCUT2D eigenvalue weighted by Crippen LogP contribution is -2.40. The third-order valence-electron chi connectivity index (χ3n) is 1.82. The van der Waals surface area contributed by atoms with Gasteiger partial charge in [0.2, 0.25) is 11.8 Å². The van der Waals surface area contributed by atoms with Crippen LogP contribution < -0.4 is 5.32 Å². The average Bonchev–Trinajstić information content (AvgIpc) is 2.15. The zero-order valence-corrected chi connectivity index (χ0v) is 8.95. The van der Waals surface area contributed by atoms with E-state index in [0.29, 0.717) is 6.54 Å². The van der Waals surface area contributed by atoms with Gasteiger partial charge in [-0.15, -0.1) is 0 Å². The summed E-state index contributed by atoms with van der Waals surface area (Å²) in [6, 6.07) is 0. The van der Waals surface area contributed by atoms with Gasteiger partial charge >= 0.3 is 5.97 Å². The van der Waals surface area contributed by atoms with Gasteiger partial charge in [-0.1, -0.05) is 0 Å². The summed E-state index contributed by atoms with van der Waals surface area (Å²) in [6.45, 7) is 3.60. The Morgan fingerprint density at radius 2 is 1.93 bits per heavy atom. The van der Waals surface area contributed by atoms with Crippen molar-refractivity contribution in [2.75, 3.05) is 19.6 Å². The topological polar surface area (TPSA) is 86.7 Å². The van der Waals surface area contributed by atoms with E-state index in [9.17, 15) is 14.4 Å². The SMILES string of the molecule is CCN(CCC(=O)O)C(=O)CNC(C)=O. The number of amides is 2. The largest absolute Gasteiger partial charge is 0.481 e. The van der Waals surface area contributed by atoms with Crippen LogP contribution in [0.15, 0.2) is 0 Å². The first-order valence-corrected chi connectivity index (χ1v) is 4.71. The fraction of sp³-hybridized carbons (Fsp3) is 0.667. The van der Waals surface area contributed by atoms with Crippen LogP contribution in [-0.4, -0.2) is 47.4 Å². The maximum Gasteiger partial charge on any atom is 0.305 e. The van der Waals surface area contributed by atoms with Crippen LogP contribution in [0, 0.1) is 0 Å². The zero-order valence-electron chi connectivity index (χ0n) is 8.95. The second-order valence-electron chi connectivity index (χ2n) is 3.03. The van der Waals surface area contributed by atoms with Crippen LogP contribution in [0.2, 0.25) is 0 Å². The van der Waals surface area contributed by atoms with Crippen LogP contribution >= 0.6 is 0 Å². The minimum atomic E-state index is -0.944. The smallest absolute Gasteiger partial charge is 0.305 e. The van der Waals surface area contributed by atoms with Crippen molar-refractivity contribution in [1.82, 2.24) is 10.2 Å². The summed E-state index contributed by atoms with van der Waals surface area (Å²) in [5.41, 5.74) is 0. The van der Waals surface area contributed by atoms with Gasteiger partial charge in [-0.2, -0.15) is 0 Å². The molecule has 0 atom stereocenters. The standard InChI is InChI=1S/C9H16N2O4/c1-3-11(5-4-9(14)15)8(13)6-10-7(2)12/h3-6H2,1-2H3,(H,10,12)(H,14,15). The van der Waals surface area contributed by atoms with E-state index in [1.165, 1.54) is 11.8 Å². The van der Waals surface area contributed by atoms with Gasteiger partial charge in [-0.3, -0.25) is 14.4 Å². The highest BCUT2D eigenvalue weighted by molar-refractivity contribution is 5.83. The number of hydrogen-bond donors (Lipinski definition) is 2. The summed E-state index contributed by atoms with van der Waals surface area (Å²) >= 11 is 0. The maximum atomic E-state index is 11.4. The lowest BCUT2D eigenvalue weighted by molar-refractivity contribution is -0.138. The molecule has 0 radical (unpaired) electrons. The number of nitrogens with zero attached hydrogens (tertiary/aromatic N) is 1. The molecule has 0 saturated heterocycles. The van der Waals surface area contributed by atoms with Gasteiger partial charge < -0.3 is 15.3 Å². The maximum absolute atomic E-state index is 11.4. The Morgan fingerprint density at radius 1 is 1.33 bits per heavy atom. The molecule has 0 aliphatic carbocycles. The van der Waals surface area contributed by atoms with Gasteiger partial charge in [0.05, 0.1) is 13.0 Å². The molecule has 0 aliphatic heterocycles. The number of likely N-dealkylation sites (N-methyl/N-ethyl adjacent to an activating group) is 1. The predicted octanol–water partition coefficient (Wildman–Crippen LogP) is -0.554. The Bertz CT molecular complexity index is 252. The van der Waals surface area contributed by atoms with Crippen molar-refractivity contribution in [3.05, 3.63) is 0 Å². The molecule has 0 aliphatic rings. The van der Waals surface area contributed by atoms with Crippen molar-refractivity contribution in [3.63, 3.8) is 0 Å². The summed E-state index contributed by atoms with van der Waals surface area (Å²) in [5, 5.41) is 10.8. The van der Waals surface area contributed by atoms with Gasteiger partial charge in [-0.05, 0) is 6.92 Å². The predicted molar refractivity (Wildman–Crippen MR) is 53.2 cm³/mol.